The van der Waals surface area contributed by atoms with E-state index in [0.717, 1.165) is 30.9 Å². The topological polar surface area (TPSA) is 22.1 Å². The lowest BCUT2D eigenvalue weighted by Gasteiger charge is -2.40. The molecule has 0 fully saturated rings. The largest absolute Gasteiger partial charge is 0.433 e. The van der Waals surface area contributed by atoms with E-state index in [2.05, 4.69) is 11.9 Å². The monoisotopic (exact) mass is 287 g/mol. The molecule has 1 aromatic heterocycles. The Morgan fingerprint density at radius 2 is 2.05 bits per heavy atom. The van der Waals surface area contributed by atoms with Crippen LogP contribution in [-0.2, 0) is 22.9 Å². The number of ether oxygens (including phenoxy) is 1. The number of alkyl halides is 3. The van der Waals surface area contributed by atoms with Crippen molar-refractivity contribution < 1.29 is 17.9 Å². The number of hydrogen-bond donors (Lipinski definition) is 0. The van der Waals surface area contributed by atoms with Crippen LogP contribution in [0.25, 0.3) is 0 Å². The summed E-state index contributed by atoms with van der Waals surface area (Å²) < 4.78 is 43.8. The summed E-state index contributed by atoms with van der Waals surface area (Å²) in [6.45, 7) is 6.30. The average Bonchev–Trinajstić information content (AvgIpc) is 2.36. The third-order valence-electron chi connectivity index (χ3n) is 4.00. The lowest BCUT2D eigenvalue weighted by Crippen LogP contribution is -2.41. The van der Waals surface area contributed by atoms with Crippen LogP contribution in [0.4, 0.5) is 13.2 Å². The van der Waals surface area contributed by atoms with E-state index in [-0.39, 0.29) is 18.1 Å². The van der Waals surface area contributed by atoms with E-state index in [1.165, 1.54) is 0 Å². The Kier molecular flexibility index (Phi) is 4.09. The number of hydrogen-bond acceptors (Lipinski definition) is 2. The van der Waals surface area contributed by atoms with Gasteiger partial charge in [0.15, 0.2) is 0 Å². The molecule has 2 nitrogen and oxygen atoms in total. The van der Waals surface area contributed by atoms with Gasteiger partial charge in [0.05, 0.1) is 18.4 Å². The summed E-state index contributed by atoms with van der Waals surface area (Å²) in [4.78, 5) is 3.74. The Labute approximate surface area is 117 Å². The first-order valence-electron chi connectivity index (χ1n) is 6.96. The van der Waals surface area contributed by atoms with E-state index < -0.39 is 11.9 Å². The first-order chi connectivity index (χ1) is 9.26. The highest BCUT2D eigenvalue weighted by atomic mass is 19.4. The van der Waals surface area contributed by atoms with Crippen LogP contribution in [0, 0.1) is 0 Å². The second kappa shape index (κ2) is 5.35. The molecule has 0 aromatic carbocycles. The van der Waals surface area contributed by atoms with Crippen LogP contribution in [0.5, 0.6) is 0 Å². The Balaban J connectivity index is 2.32. The Bertz CT molecular complexity index is 482. The van der Waals surface area contributed by atoms with E-state index >= 15 is 0 Å². The number of aromatic nitrogens is 1. The maximum atomic E-state index is 12.7. The van der Waals surface area contributed by atoms with Crippen molar-refractivity contribution in [3.63, 3.8) is 0 Å². The highest BCUT2D eigenvalue weighted by Crippen LogP contribution is 2.39. The number of halogens is 3. The van der Waals surface area contributed by atoms with E-state index in [1.807, 2.05) is 13.8 Å². The molecule has 0 amide bonds. The minimum atomic E-state index is -4.40. The van der Waals surface area contributed by atoms with Crippen molar-refractivity contribution in [1.29, 1.82) is 0 Å². The summed E-state index contributed by atoms with van der Waals surface area (Å²) in [5.74, 6) is 0. The van der Waals surface area contributed by atoms with Crippen LogP contribution in [0.1, 0.15) is 57.0 Å². The number of nitrogens with zero attached hydrogens (tertiary/aromatic N) is 1. The quantitative estimate of drug-likeness (QED) is 0.818. The van der Waals surface area contributed by atoms with Crippen molar-refractivity contribution in [2.75, 3.05) is 0 Å². The Morgan fingerprint density at radius 3 is 2.65 bits per heavy atom. The van der Waals surface area contributed by atoms with Crippen LogP contribution in [0.3, 0.4) is 0 Å². The van der Waals surface area contributed by atoms with Gasteiger partial charge < -0.3 is 4.74 Å². The van der Waals surface area contributed by atoms with Gasteiger partial charge in [0.25, 0.3) is 0 Å². The molecular formula is C15H20F3NO. The second-order valence-corrected chi connectivity index (χ2v) is 5.85. The predicted octanol–water partition coefficient (Wildman–Crippen LogP) is 4.47. The maximum absolute atomic E-state index is 12.7. The highest BCUT2D eigenvalue weighted by Gasteiger charge is 2.40. The summed E-state index contributed by atoms with van der Waals surface area (Å²) in [5.41, 5.74) is 0.137. The van der Waals surface area contributed by atoms with Gasteiger partial charge >= 0.3 is 6.18 Å². The molecule has 0 saturated carbocycles. The minimum absolute atomic E-state index is 0.0356. The van der Waals surface area contributed by atoms with Crippen molar-refractivity contribution >= 4 is 0 Å². The molecule has 1 aliphatic heterocycles. The molecule has 0 unspecified atom stereocenters. The standard InChI is InChI=1S/C15H20F3NO/c1-4-5-6-13-14(2,3)10-7-8-12(15(16,17)18)19-11(10)9-20-13/h7-8,13H,4-6,9H2,1-3H3/t13-/m0/s1. The number of pyridine rings is 1. The third-order valence-corrected chi connectivity index (χ3v) is 4.00. The fourth-order valence-electron chi connectivity index (χ4n) is 2.75. The molecule has 0 saturated heterocycles. The van der Waals surface area contributed by atoms with Gasteiger partial charge in [-0.15, -0.1) is 0 Å². The molecule has 0 bridgehead atoms. The van der Waals surface area contributed by atoms with Crippen molar-refractivity contribution in [2.24, 2.45) is 0 Å². The van der Waals surface area contributed by atoms with Crippen LogP contribution in [0.15, 0.2) is 12.1 Å². The molecule has 2 heterocycles. The smallest absolute Gasteiger partial charge is 0.371 e. The molecule has 5 heteroatoms. The summed E-state index contributed by atoms with van der Waals surface area (Å²) in [6, 6.07) is 2.63. The Hall–Kier alpha value is -1.10. The molecule has 20 heavy (non-hydrogen) atoms. The van der Waals surface area contributed by atoms with Gasteiger partial charge in [-0.2, -0.15) is 13.2 Å². The molecule has 1 aliphatic rings. The number of rotatable bonds is 3. The molecule has 0 radical (unpaired) electrons. The van der Waals surface area contributed by atoms with Crippen LogP contribution < -0.4 is 0 Å². The van der Waals surface area contributed by atoms with Gasteiger partial charge in [-0.1, -0.05) is 39.7 Å². The summed E-state index contributed by atoms with van der Waals surface area (Å²) in [6.07, 6.45) is -1.32. The minimum Gasteiger partial charge on any atom is -0.371 e. The highest BCUT2D eigenvalue weighted by molar-refractivity contribution is 5.33. The van der Waals surface area contributed by atoms with Gasteiger partial charge in [-0.05, 0) is 18.1 Å². The zero-order chi connectivity index (χ0) is 15.0. The molecule has 1 atom stereocenters. The molecule has 2 rings (SSSR count). The lowest BCUT2D eigenvalue weighted by molar-refractivity contribution is -0.141. The molecule has 0 spiro atoms. The van der Waals surface area contributed by atoms with E-state index in [4.69, 9.17) is 4.74 Å². The zero-order valence-electron chi connectivity index (χ0n) is 12.0. The number of unbranched alkanes of at least 4 members (excludes halogenated alkanes) is 1. The molecule has 0 aliphatic carbocycles. The lowest BCUT2D eigenvalue weighted by atomic mass is 9.75. The maximum Gasteiger partial charge on any atom is 0.433 e. The summed E-state index contributed by atoms with van der Waals surface area (Å²) >= 11 is 0. The summed E-state index contributed by atoms with van der Waals surface area (Å²) in [5, 5.41) is 0. The van der Waals surface area contributed by atoms with Crippen molar-refractivity contribution in [2.45, 2.75) is 64.3 Å². The summed E-state index contributed by atoms with van der Waals surface area (Å²) in [7, 11) is 0. The van der Waals surface area contributed by atoms with Gasteiger partial charge in [-0.25, -0.2) is 4.98 Å². The van der Waals surface area contributed by atoms with Crippen molar-refractivity contribution in [3.8, 4) is 0 Å². The van der Waals surface area contributed by atoms with E-state index in [1.54, 1.807) is 6.07 Å². The second-order valence-electron chi connectivity index (χ2n) is 5.85. The molecular weight excluding hydrogens is 267 g/mol. The van der Waals surface area contributed by atoms with Crippen LogP contribution >= 0.6 is 0 Å². The fourth-order valence-corrected chi connectivity index (χ4v) is 2.75. The zero-order valence-corrected chi connectivity index (χ0v) is 12.0. The van der Waals surface area contributed by atoms with Crippen molar-refractivity contribution in [1.82, 2.24) is 4.98 Å². The Morgan fingerprint density at radius 1 is 1.35 bits per heavy atom. The van der Waals surface area contributed by atoms with Gasteiger partial charge in [-0.3, -0.25) is 0 Å². The third kappa shape index (κ3) is 2.82. The fraction of sp³-hybridized carbons (Fsp3) is 0.667. The SMILES string of the molecule is CCCC[C@@H]1OCc2nc(C(F)(F)F)ccc2C1(C)C. The van der Waals surface area contributed by atoms with Crippen LogP contribution in [-0.4, -0.2) is 11.1 Å². The van der Waals surface area contributed by atoms with Gasteiger partial charge in [0.2, 0.25) is 0 Å². The first-order valence-corrected chi connectivity index (χ1v) is 6.96. The van der Waals surface area contributed by atoms with Gasteiger partial charge in [0, 0.05) is 5.41 Å². The first kappa shape index (κ1) is 15.3. The molecule has 112 valence electrons. The van der Waals surface area contributed by atoms with E-state index in [0.29, 0.717) is 5.69 Å². The van der Waals surface area contributed by atoms with Crippen LogP contribution in [0.2, 0.25) is 0 Å². The van der Waals surface area contributed by atoms with Crippen molar-refractivity contribution in [3.05, 3.63) is 29.1 Å². The number of fused-ring (bicyclic) bond motifs is 1. The predicted molar refractivity (Wildman–Crippen MR) is 70.4 cm³/mol. The molecule has 0 N–H and O–H groups in total. The van der Waals surface area contributed by atoms with Gasteiger partial charge in [0.1, 0.15) is 5.69 Å². The normalized spacial score (nSPS) is 21.6. The average molecular weight is 287 g/mol. The van der Waals surface area contributed by atoms with E-state index in [9.17, 15) is 13.2 Å². The molecule has 1 aromatic rings.